The molecule has 0 spiro atoms. The number of hydrogen-bond donors (Lipinski definition) is 0. The first-order chi connectivity index (χ1) is 15.5. The fourth-order valence-corrected chi connectivity index (χ4v) is 5.45. The number of anilines is 1. The van der Waals surface area contributed by atoms with E-state index in [-0.39, 0.29) is 22.6 Å². The van der Waals surface area contributed by atoms with Crippen molar-refractivity contribution in [2.45, 2.75) is 50.9 Å². The minimum Gasteiger partial charge on any atom is -0.355 e. The molecule has 5 rings (SSSR count). The molecule has 1 aromatic carbocycles. The van der Waals surface area contributed by atoms with Gasteiger partial charge in [0.05, 0.1) is 17.0 Å². The second kappa shape index (κ2) is 8.19. The second-order valence-electron chi connectivity index (χ2n) is 9.35. The predicted octanol–water partition coefficient (Wildman–Crippen LogP) is 5.28. The summed E-state index contributed by atoms with van der Waals surface area (Å²) in [5.41, 5.74) is 2.04. The van der Waals surface area contributed by atoms with Crippen LogP contribution in [0, 0.1) is 17.6 Å². The standard InChI is InChI=1S/C25H27F2N5/c1-16-10-11-25(2,17-6-5-13-32(15-17)22-9-4-12-28-30-22)24-18(16)14-21(29-31-24)23-19(26)7-3-8-20(23)27/h3-4,7-9,12,14,16-17H,5-6,10-11,13,15H2,1-2H3/t16-,17-,25+/m0/s1. The third-order valence-corrected chi connectivity index (χ3v) is 7.42. The van der Waals surface area contributed by atoms with Crippen LogP contribution in [0.2, 0.25) is 0 Å². The van der Waals surface area contributed by atoms with Crippen LogP contribution in [-0.4, -0.2) is 33.5 Å². The summed E-state index contributed by atoms with van der Waals surface area (Å²) in [7, 11) is 0. The van der Waals surface area contributed by atoms with Crippen molar-refractivity contribution in [2.75, 3.05) is 18.0 Å². The van der Waals surface area contributed by atoms with Gasteiger partial charge in [-0.25, -0.2) is 8.78 Å². The van der Waals surface area contributed by atoms with E-state index in [2.05, 4.69) is 39.1 Å². The number of nitrogens with zero attached hydrogens (tertiary/aromatic N) is 5. The Bertz CT molecular complexity index is 1100. The van der Waals surface area contributed by atoms with Gasteiger partial charge in [-0.1, -0.05) is 19.9 Å². The molecule has 2 aliphatic rings. The number of hydrogen-bond acceptors (Lipinski definition) is 5. The largest absolute Gasteiger partial charge is 0.355 e. The van der Waals surface area contributed by atoms with Crippen LogP contribution in [0.25, 0.3) is 11.3 Å². The molecular formula is C25H27F2N5. The highest BCUT2D eigenvalue weighted by atomic mass is 19.1. The van der Waals surface area contributed by atoms with Crippen LogP contribution in [0.4, 0.5) is 14.6 Å². The molecule has 166 valence electrons. The quantitative estimate of drug-likeness (QED) is 0.560. The Morgan fingerprint density at radius 3 is 2.59 bits per heavy atom. The van der Waals surface area contributed by atoms with E-state index in [4.69, 9.17) is 0 Å². The van der Waals surface area contributed by atoms with E-state index in [9.17, 15) is 8.78 Å². The van der Waals surface area contributed by atoms with Crippen molar-refractivity contribution >= 4 is 5.82 Å². The van der Waals surface area contributed by atoms with Crippen LogP contribution < -0.4 is 4.90 Å². The van der Waals surface area contributed by atoms with E-state index in [1.54, 1.807) is 6.20 Å². The molecule has 1 aliphatic heterocycles. The van der Waals surface area contributed by atoms with Crippen molar-refractivity contribution in [1.82, 2.24) is 20.4 Å². The van der Waals surface area contributed by atoms with Gasteiger partial charge in [-0.15, -0.1) is 5.10 Å². The van der Waals surface area contributed by atoms with Crippen LogP contribution in [0.3, 0.4) is 0 Å². The van der Waals surface area contributed by atoms with Crippen molar-refractivity contribution < 1.29 is 8.78 Å². The van der Waals surface area contributed by atoms with E-state index in [1.807, 2.05) is 18.2 Å². The molecule has 0 N–H and O–H groups in total. The van der Waals surface area contributed by atoms with Gasteiger partial charge < -0.3 is 4.90 Å². The van der Waals surface area contributed by atoms with Crippen molar-refractivity contribution in [3.05, 3.63) is 65.5 Å². The molecule has 3 aromatic rings. The molecule has 3 atom stereocenters. The Labute approximate surface area is 186 Å². The zero-order valence-corrected chi connectivity index (χ0v) is 18.4. The molecule has 32 heavy (non-hydrogen) atoms. The monoisotopic (exact) mass is 435 g/mol. The number of aromatic nitrogens is 4. The van der Waals surface area contributed by atoms with Gasteiger partial charge in [-0.05, 0) is 73.4 Å². The summed E-state index contributed by atoms with van der Waals surface area (Å²) < 4.78 is 28.8. The first kappa shape index (κ1) is 20.9. The lowest BCUT2D eigenvalue weighted by molar-refractivity contribution is 0.206. The summed E-state index contributed by atoms with van der Waals surface area (Å²) in [5.74, 6) is 0.327. The van der Waals surface area contributed by atoms with E-state index >= 15 is 0 Å². The molecule has 1 aliphatic carbocycles. The smallest absolute Gasteiger partial charge is 0.151 e. The molecule has 3 heterocycles. The Kier molecular flexibility index (Phi) is 5.35. The fraction of sp³-hybridized carbons (Fsp3) is 0.440. The lowest BCUT2D eigenvalue weighted by Gasteiger charge is -2.46. The van der Waals surface area contributed by atoms with Gasteiger partial charge in [0.2, 0.25) is 0 Å². The lowest BCUT2D eigenvalue weighted by atomic mass is 9.62. The molecule has 7 heteroatoms. The Balaban J connectivity index is 1.51. The average molecular weight is 436 g/mol. The van der Waals surface area contributed by atoms with Crippen molar-refractivity contribution in [1.29, 1.82) is 0 Å². The molecular weight excluding hydrogens is 408 g/mol. The number of benzene rings is 1. The molecule has 0 saturated carbocycles. The van der Waals surface area contributed by atoms with Gasteiger partial charge >= 0.3 is 0 Å². The van der Waals surface area contributed by atoms with Crippen molar-refractivity contribution in [3.8, 4) is 11.3 Å². The van der Waals surface area contributed by atoms with Gasteiger partial charge in [0.1, 0.15) is 11.6 Å². The van der Waals surface area contributed by atoms with Crippen LogP contribution in [0.5, 0.6) is 0 Å². The summed E-state index contributed by atoms with van der Waals surface area (Å²) in [6.45, 7) is 6.29. The van der Waals surface area contributed by atoms with Gasteiger partial charge in [-0.2, -0.15) is 15.3 Å². The Morgan fingerprint density at radius 2 is 1.84 bits per heavy atom. The van der Waals surface area contributed by atoms with Gasteiger partial charge in [0.25, 0.3) is 0 Å². The molecule has 0 radical (unpaired) electrons. The van der Waals surface area contributed by atoms with Crippen molar-refractivity contribution in [2.24, 2.45) is 5.92 Å². The van der Waals surface area contributed by atoms with Crippen LogP contribution in [0.15, 0.2) is 42.6 Å². The SMILES string of the molecule is C[C@H]1CC[C@](C)([C@H]2CCCN(c3cccnn3)C2)c2nnc(-c3c(F)cccc3F)cc21. The van der Waals surface area contributed by atoms with Gasteiger partial charge in [0, 0.05) is 24.7 Å². The highest BCUT2D eigenvalue weighted by Crippen LogP contribution is 2.48. The van der Waals surface area contributed by atoms with Crippen LogP contribution >= 0.6 is 0 Å². The first-order valence-corrected chi connectivity index (χ1v) is 11.3. The van der Waals surface area contributed by atoms with Crippen LogP contribution in [0.1, 0.15) is 56.7 Å². The molecule has 0 amide bonds. The fourth-order valence-electron chi connectivity index (χ4n) is 5.45. The maximum absolute atomic E-state index is 14.4. The summed E-state index contributed by atoms with van der Waals surface area (Å²) in [6.07, 6.45) is 5.90. The third kappa shape index (κ3) is 3.53. The summed E-state index contributed by atoms with van der Waals surface area (Å²) >= 11 is 0. The summed E-state index contributed by atoms with van der Waals surface area (Å²) in [5, 5.41) is 17.3. The van der Waals surface area contributed by atoms with E-state index < -0.39 is 11.6 Å². The molecule has 0 bridgehead atoms. The number of fused-ring (bicyclic) bond motifs is 1. The third-order valence-electron chi connectivity index (χ3n) is 7.42. The highest BCUT2D eigenvalue weighted by molar-refractivity contribution is 5.62. The minimum absolute atomic E-state index is 0.103. The average Bonchev–Trinajstić information content (AvgIpc) is 2.82. The molecule has 2 aromatic heterocycles. The van der Waals surface area contributed by atoms with Crippen molar-refractivity contribution in [3.63, 3.8) is 0 Å². The predicted molar refractivity (Wildman–Crippen MR) is 119 cm³/mol. The van der Waals surface area contributed by atoms with E-state index in [0.29, 0.717) is 5.92 Å². The zero-order valence-electron chi connectivity index (χ0n) is 18.4. The van der Waals surface area contributed by atoms with E-state index in [1.165, 1.54) is 18.2 Å². The molecule has 0 unspecified atom stereocenters. The lowest BCUT2D eigenvalue weighted by Crippen LogP contribution is -2.47. The highest BCUT2D eigenvalue weighted by Gasteiger charge is 2.44. The first-order valence-electron chi connectivity index (χ1n) is 11.3. The topological polar surface area (TPSA) is 54.8 Å². The van der Waals surface area contributed by atoms with E-state index in [0.717, 1.165) is 55.8 Å². The molecule has 5 nitrogen and oxygen atoms in total. The van der Waals surface area contributed by atoms with Gasteiger partial charge in [0.15, 0.2) is 5.82 Å². The van der Waals surface area contributed by atoms with Gasteiger partial charge in [-0.3, -0.25) is 0 Å². The second-order valence-corrected chi connectivity index (χ2v) is 9.35. The maximum Gasteiger partial charge on any atom is 0.151 e. The minimum atomic E-state index is -0.614. The zero-order chi connectivity index (χ0) is 22.3. The normalized spacial score (nSPS) is 25.4. The Hall–Kier alpha value is -2.96. The number of halogens is 2. The Morgan fingerprint density at radius 1 is 1.03 bits per heavy atom. The molecule has 1 saturated heterocycles. The maximum atomic E-state index is 14.4. The number of rotatable bonds is 3. The number of piperidine rings is 1. The summed E-state index contributed by atoms with van der Waals surface area (Å²) in [6, 6.07) is 9.66. The molecule has 1 fully saturated rings. The summed E-state index contributed by atoms with van der Waals surface area (Å²) in [4.78, 5) is 2.31. The van der Waals surface area contributed by atoms with Crippen LogP contribution in [-0.2, 0) is 5.41 Å².